The maximum atomic E-state index is 12.7. The summed E-state index contributed by atoms with van der Waals surface area (Å²) in [6, 6.07) is 9.93. The van der Waals surface area contributed by atoms with E-state index in [2.05, 4.69) is 10.3 Å². The summed E-state index contributed by atoms with van der Waals surface area (Å²) in [4.78, 5) is 31.9. The van der Waals surface area contributed by atoms with Crippen molar-refractivity contribution in [3.05, 3.63) is 46.5 Å². The van der Waals surface area contributed by atoms with Gasteiger partial charge >= 0.3 is 0 Å². The van der Waals surface area contributed by atoms with Gasteiger partial charge in [0.25, 0.3) is 5.91 Å². The number of thiazole rings is 1. The SMILES string of the molecule is Cc1nc(N)sc1C(=O)N1CCC2(CC1)CC(c1ccccc1)C(=O)N2. The molecule has 1 spiro atoms. The number of nitrogen functional groups attached to an aromatic ring is 1. The van der Waals surface area contributed by atoms with Crippen molar-refractivity contribution in [2.45, 2.75) is 37.6 Å². The molecule has 2 aliphatic heterocycles. The third-order valence-corrected chi connectivity index (χ3v) is 6.49. The number of benzene rings is 1. The molecule has 2 aromatic rings. The number of aryl methyl sites for hydroxylation is 1. The van der Waals surface area contributed by atoms with E-state index in [1.165, 1.54) is 11.3 Å². The Hall–Kier alpha value is -2.41. The summed E-state index contributed by atoms with van der Waals surface area (Å²) in [7, 11) is 0. The van der Waals surface area contributed by atoms with Crippen molar-refractivity contribution >= 4 is 28.3 Å². The average Bonchev–Trinajstić information content (AvgIpc) is 3.14. The molecule has 26 heavy (non-hydrogen) atoms. The van der Waals surface area contributed by atoms with Crippen LogP contribution in [0.15, 0.2) is 30.3 Å². The van der Waals surface area contributed by atoms with Gasteiger partial charge in [-0.05, 0) is 31.7 Å². The van der Waals surface area contributed by atoms with Crippen LogP contribution in [-0.2, 0) is 4.79 Å². The van der Waals surface area contributed by atoms with Gasteiger partial charge in [-0.1, -0.05) is 41.7 Å². The highest BCUT2D eigenvalue weighted by Crippen LogP contribution is 2.39. The van der Waals surface area contributed by atoms with Gasteiger partial charge in [-0.15, -0.1) is 0 Å². The molecule has 2 aliphatic rings. The molecule has 1 aromatic heterocycles. The molecule has 0 aliphatic carbocycles. The summed E-state index contributed by atoms with van der Waals surface area (Å²) in [5.41, 5.74) is 7.27. The van der Waals surface area contributed by atoms with Crippen LogP contribution in [0, 0.1) is 6.92 Å². The van der Waals surface area contributed by atoms with Gasteiger partial charge in [0.2, 0.25) is 5.91 Å². The Morgan fingerprint density at radius 2 is 2.00 bits per heavy atom. The van der Waals surface area contributed by atoms with Gasteiger partial charge in [0.15, 0.2) is 5.13 Å². The van der Waals surface area contributed by atoms with Crippen LogP contribution >= 0.6 is 11.3 Å². The molecule has 2 amide bonds. The smallest absolute Gasteiger partial charge is 0.265 e. The molecule has 1 unspecified atom stereocenters. The van der Waals surface area contributed by atoms with Gasteiger partial charge in [0.05, 0.1) is 11.6 Å². The number of nitrogens with one attached hydrogen (secondary N) is 1. The zero-order chi connectivity index (χ0) is 18.3. The molecule has 6 nitrogen and oxygen atoms in total. The van der Waals surface area contributed by atoms with E-state index in [1.807, 2.05) is 42.2 Å². The lowest BCUT2D eigenvalue weighted by atomic mass is 9.82. The minimum absolute atomic E-state index is 0.00418. The number of anilines is 1. The summed E-state index contributed by atoms with van der Waals surface area (Å²) < 4.78 is 0. The monoisotopic (exact) mass is 370 g/mol. The number of piperidine rings is 1. The maximum absolute atomic E-state index is 12.7. The van der Waals surface area contributed by atoms with Gasteiger partial charge in [-0.25, -0.2) is 4.98 Å². The lowest BCUT2D eigenvalue weighted by molar-refractivity contribution is -0.121. The second kappa shape index (κ2) is 6.39. The first-order valence-corrected chi connectivity index (χ1v) is 9.68. The predicted molar refractivity (Wildman–Crippen MR) is 101 cm³/mol. The molecule has 0 radical (unpaired) electrons. The third-order valence-electron chi connectivity index (χ3n) is 5.52. The number of amides is 2. The van der Waals surface area contributed by atoms with Crippen molar-refractivity contribution in [1.82, 2.24) is 15.2 Å². The zero-order valence-corrected chi connectivity index (χ0v) is 15.5. The minimum Gasteiger partial charge on any atom is -0.375 e. The summed E-state index contributed by atoms with van der Waals surface area (Å²) in [5.74, 6) is -0.000440. The van der Waals surface area contributed by atoms with Crippen LogP contribution in [0.5, 0.6) is 0 Å². The number of aromatic nitrogens is 1. The normalized spacial score (nSPS) is 21.8. The minimum atomic E-state index is -0.198. The van der Waals surface area contributed by atoms with Crippen molar-refractivity contribution in [3.63, 3.8) is 0 Å². The Kier molecular flexibility index (Phi) is 4.19. The Labute approximate surface area is 156 Å². The molecular weight excluding hydrogens is 348 g/mol. The number of nitrogens with two attached hydrogens (primary N) is 1. The van der Waals surface area contributed by atoms with Gasteiger partial charge in [0.1, 0.15) is 4.88 Å². The van der Waals surface area contributed by atoms with Gasteiger partial charge < -0.3 is 16.0 Å². The fraction of sp³-hybridized carbons (Fsp3) is 0.421. The van der Waals surface area contributed by atoms with Crippen LogP contribution < -0.4 is 11.1 Å². The molecule has 3 heterocycles. The molecule has 2 saturated heterocycles. The van der Waals surface area contributed by atoms with Crippen molar-refractivity contribution in [2.75, 3.05) is 18.8 Å². The van der Waals surface area contributed by atoms with Crippen LogP contribution in [0.4, 0.5) is 5.13 Å². The Morgan fingerprint density at radius 3 is 2.62 bits per heavy atom. The molecule has 1 aromatic carbocycles. The molecule has 4 rings (SSSR count). The standard InChI is InChI=1S/C19H22N4O2S/c1-12-15(26-18(20)21-12)17(25)23-9-7-19(8-10-23)11-14(16(24)22-19)13-5-3-2-4-6-13/h2-6,14H,7-11H2,1H3,(H2,20,21)(H,22,24). The highest BCUT2D eigenvalue weighted by molar-refractivity contribution is 7.17. The van der Waals surface area contributed by atoms with Crippen LogP contribution in [-0.4, -0.2) is 40.3 Å². The van der Waals surface area contributed by atoms with E-state index in [0.717, 1.165) is 24.8 Å². The van der Waals surface area contributed by atoms with E-state index in [9.17, 15) is 9.59 Å². The Balaban J connectivity index is 1.44. The van der Waals surface area contributed by atoms with Crippen LogP contribution in [0.3, 0.4) is 0 Å². The van der Waals surface area contributed by atoms with Gasteiger partial charge in [0, 0.05) is 18.6 Å². The number of hydrogen-bond acceptors (Lipinski definition) is 5. The van der Waals surface area contributed by atoms with Crippen molar-refractivity contribution in [3.8, 4) is 0 Å². The molecule has 3 N–H and O–H groups in total. The Bertz CT molecular complexity index is 840. The number of carbonyl (C=O) groups is 2. The number of hydrogen-bond donors (Lipinski definition) is 2. The average molecular weight is 370 g/mol. The number of carbonyl (C=O) groups excluding carboxylic acids is 2. The second-order valence-corrected chi connectivity index (χ2v) is 8.23. The van der Waals surface area contributed by atoms with Crippen LogP contribution in [0.2, 0.25) is 0 Å². The van der Waals surface area contributed by atoms with Gasteiger partial charge in [-0.2, -0.15) is 0 Å². The number of nitrogens with zero attached hydrogens (tertiary/aromatic N) is 2. The van der Waals surface area contributed by atoms with E-state index in [0.29, 0.717) is 28.8 Å². The first-order valence-electron chi connectivity index (χ1n) is 8.87. The molecular formula is C19H22N4O2S. The largest absolute Gasteiger partial charge is 0.375 e. The number of likely N-dealkylation sites (tertiary alicyclic amines) is 1. The molecule has 7 heteroatoms. The van der Waals surface area contributed by atoms with Gasteiger partial charge in [-0.3, -0.25) is 9.59 Å². The fourth-order valence-corrected chi connectivity index (χ4v) is 4.87. The van der Waals surface area contributed by atoms with E-state index < -0.39 is 0 Å². The highest BCUT2D eigenvalue weighted by Gasteiger charge is 2.46. The Morgan fingerprint density at radius 1 is 1.31 bits per heavy atom. The van der Waals surface area contributed by atoms with Crippen molar-refractivity contribution in [2.24, 2.45) is 0 Å². The van der Waals surface area contributed by atoms with Crippen LogP contribution in [0.25, 0.3) is 0 Å². The van der Waals surface area contributed by atoms with E-state index in [-0.39, 0.29) is 23.3 Å². The quantitative estimate of drug-likeness (QED) is 0.849. The maximum Gasteiger partial charge on any atom is 0.265 e. The summed E-state index contributed by atoms with van der Waals surface area (Å²) in [6.45, 7) is 3.09. The molecule has 0 bridgehead atoms. The lowest BCUT2D eigenvalue weighted by Gasteiger charge is -2.39. The number of rotatable bonds is 2. The van der Waals surface area contributed by atoms with Crippen LogP contribution in [0.1, 0.15) is 46.1 Å². The second-order valence-electron chi connectivity index (χ2n) is 7.20. The third kappa shape index (κ3) is 2.96. The molecule has 1 atom stereocenters. The van der Waals surface area contributed by atoms with Crippen molar-refractivity contribution in [1.29, 1.82) is 0 Å². The summed E-state index contributed by atoms with van der Waals surface area (Å²) in [6.07, 6.45) is 2.35. The van der Waals surface area contributed by atoms with Crippen molar-refractivity contribution < 1.29 is 9.59 Å². The van der Waals surface area contributed by atoms with E-state index in [1.54, 1.807) is 0 Å². The fourth-order valence-electron chi connectivity index (χ4n) is 4.06. The molecule has 136 valence electrons. The van der Waals surface area contributed by atoms with E-state index in [4.69, 9.17) is 5.73 Å². The lowest BCUT2D eigenvalue weighted by Crippen LogP contribution is -2.52. The summed E-state index contributed by atoms with van der Waals surface area (Å²) >= 11 is 1.24. The first kappa shape index (κ1) is 17.0. The topological polar surface area (TPSA) is 88.3 Å². The summed E-state index contributed by atoms with van der Waals surface area (Å²) in [5, 5.41) is 3.65. The zero-order valence-electron chi connectivity index (χ0n) is 14.7. The predicted octanol–water partition coefficient (Wildman–Crippen LogP) is 2.31. The molecule has 0 saturated carbocycles. The first-order chi connectivity index (χ1) is 12.5. The highest BCUT2D eigenvalue weighted by atomic mass is 32.1. The van der Waals surface area contributed by atoms with E-state index >= 15 is 0 Å². The molecule has 2 fully saturated rings.